The van der Waals surface area contributed by atoms with Gasteiger partial charge in [-0.15, -0.1) is 0 Å². The number of amides is 16. The monoisotopic (exact) mass is 1850 g/mol. The molecule has 42 nitrogen and oxygen atoms in total. The highest BCUT2D eigenvalue weighted by Crippen LogP contribution is 2.51. The first-order valence-electron chi connectivity index (χ1n) is 45.6. The Morgan fingerprint density at radius 1 is 0.541 bits per heavy atom. The van der Waals surface area contributed by atoms with Crippen LogP contribution in [0.4, 0.5) is 0 Å². The summed E-state index contributed by atoms with van der Waals surface area (Å²) in [6.45, 7) is 4.87. The van der Waals surface area contributed by atoms with Gasteiger partial charge >= 0.3 is 11.9 Å². The van der Waals surface area contributed by atoms with E-state index in [0.29, 0.717) is 64.2 Å². The highest BCUT2D eigenvalue weighted by atomic mass is 16.4. The van der Waals surface area contributed by atoms with E-state index in [2.05, 4.69) is 42.2 Å². The zero-order valence-electron chi connectivity index (χ0n) is 75.7. The van der Waals surface area contributed by atoms with Crippen LogP contribution in [0.2, 0.25) is 0 Å². The second kappa shape index (κ2) is 43.9. The number of phenolic OH excluding ortho intramolecular Hbond substituents is 1. The highest BCUT2D eigenvalue weighted by Gasteiger charge is 2.75. The number of nitrogens with one attached hydrogen (secondary N) is 8. The summed E-state index contributed by atoms with van der Waals surface area (Å²) < 4.78 is 1.43. The maximum absolute atomic E-state index is 16.0. The summed E-state index contributed by atoms with van der Waals surface area (Å²) in [5.74, 6) is -18.2. The number of fused-ring (bicyclic) bond motifs is 3. The van der Waals surface area contributed by atoms with E-state index in [9.17, 15) is 63.6 Å². The summed E-state index contributed by atoms with van der Waals surface area (Å²) in [6.07, 6.45) is -1.41. The number of H-pyrrole nitrogens is 1. The van der Waals surface area contributed by atoms with Crippen LogP contribution >= 0.6 is 0 Å². The van der Waals surface area contributed by atoms with Gasteiger partial charge in [0.15, 0.2) is 5.66 Å². The summed E-state index contributed by atoms with van der Waals surface area (Å²) in [5.41, 5.74) is 22.6. The van der Waals surface area contributed by atoms with Crippen molar-refractivity contribution in [1.82, 2.24) is 81.1 Å². The van der Waals surface area contributed by atoms with Crippen LogP contribution in [-0.4, -0.2) is 307 Å². The number of aromatic hydroxyl groups is 1. The van der Waals surface area contributed by atoms with E-state index in [0.717, 1.165) is 29.4 Å². The van der Waals surface area contributed by atoms with E-state index in [-0.39, 0.29) is 109 Å². The molecular weight excluding hydrogens is 1730 g/mol. The fourth-order valence-electron chi connectivity index (χ4n) is 19.1. The molecule has 3 aromatic carbocycles. The Labute approximate surface area is 767 Å². The van der Waals surface area contributed by atoms with E-state index >= 15 is 43.2 Å². The van der Waals surface area contributed by atoms with Crippen molar-refractivity contribution in [2.24, 2.45) is 28.9 Å². The molecule has 6 aliphatic rings. The first-order valence-corrected chi connectivity index (χ1v) is 45.6. The molecule has 6 fully saturated rings. The summed E-state index contributed by atoms with van der Waals surface area (Å²) in [5, 5.41) is 62.0. The minimum atomic E-state index is -2.10. The topological polar surface area (TPSA) is 619 Å². The third-order valence-electron chi connectivity index (χ3n) is 26.1. The number of hydrogen-bond donors (Lipinski definition) is 16. The molecule has 42 heteroatoms. The number of aromatic amines is 1. The average molecular weight is 1850 g/mol. The van der Waals surface area contributed by atoms with Crippen molar-refractivity contribution in [2.75, 3.05) is 46.8 Å². The van der Waals surface area contributed by atoms with Crippen molar-refractivity contribution in [3.63, 3.8) is 0 Å². The van der Waals surface area contributed by atoms with Gasteiger partial charge in [0, 0.05) is 113 Å². The van der Waals surface area contributed by atoms with Crippen LogP contribution in [0.15, 0.2) is 85.2 Å². The van der Waals surface area contributed by atoms with Crippen molar-refractivity contribution in [3.05, 3.63) is 102 Å². The van der Waals surface area contributed by atoms with Crippen molar-refractivity contribution in [1.29, 1.82) is 0 Å². The molecule has 20 N–H and O–H groups in total. The molecule has 11 rings (SSSR count). The maximum Gasteiger partial charge on any atom is 0.323 e. The minimum Gasteiger partial charge on any atom is -0.508 e. The number of carboxylic acid groups (broad SMARTS) is 2. The Kier molecular flexibility index (Phi) is 33.2. The summed E-state index contributed by atoms with van der Waals surface area (Å²) in [4.78, 5) is 276. The second-order valence-corrected chi connectivity index (χ2v) is 35.8. The van der Waals surface area contributed by atoms with Gasteiger partial charge in [-0.1, -0.05) is 102 Å². The number of carboxylic acids is 2. The zero-order valence-corrected chi connectivity index (χ0v) is 75.7. The number of aliphatic hydroxyl groups excluding tert-OH is 1. The third-order valence-corrected chi connectivity index (χ3v) is 26.1. The standard InChI is InChI=1S/C91H124N20O22/c1-7-9-23-67-80(124)99-60(32-33-74(116)117)77(121)98-59(76(95)120)22-17-27-73(115)97-63(40-51-28-30-54(112)31-29-51)84(128)108-38-16-15-35-90(108)88(132)111(90)71(43-72(94)114)87(131)107-37-18-26-68(107)81(125)103-65(45-93)79(123)101-62(39-50(3)4)85(129)109-48-55(113)44-91(109)89(133)110(91)70(42-52-46-96-58-21-13-11-19-56(52)58)82(126)100-61(34-36-92)78(122)102-64(83(127)105(6)69(24-10-8-2)86(130)104(67)5)41-53-47-106(49-75(118)119)66-25-14-12-20-57(53)66/h11-14,19-21,25,28-31,46-47,50,55,59-65,67-71,96,112-113H,7-10,15-18,22-24,26-27,32-45,48-49,92-93H2,1-6H3,(H2,94,114)(H2,95,120)(H,97,115)(H,98,121)(H,99,124)(H,100,126)(H,101,123)(H,102,122)(H,103,125)(H,116,117)(H,118,119)/t55-,59+,60+,61+,62+,63+,64+,65+,67+,68+,69+,70+,71+,90-,91-,110?,111?/m1/s1. The molecule has 8 heterocycles. The van der Waals surface area contributed by atoms with Crippen LogP contribution in [0.1, 0.15) is 173 Å². The number of nitrogens with two attached hydrogens (primary N) is 4. The molecule has 0 bridgehead atoms. The van der Waals surface area contributed by atoms with Gasteiger partial charge in [-0.3, -0.25) is 96.1 Å². The van der Waals surface area contributed by atoms with Crippen LogP contribution in [0, 0.1) is 5.92 Å². The van der Waals surface area contributed by atoms with E-state index in [1.54, 1.807) is 75.5 Å². The average Bonchev–Trinajstić information content (AvgIpc) is 1.52. The molecule has 6 saturated heterocycles. The van der Waals surface area contributed by atoms with Crippen molar-refractivity contribution in [2.45, 2.75) is 272 Å². The van der Waals surface area contributed by atoms with Gasteiger partial charge < -0.3 is 115 Å². The number of piperidine rings is 1. The molecule has 16 amide bonds. The minimum absolute atomic E-state index is 0.0276. The number of aliphatic carboxylic acids is 2. The number of carbonyl (C=O) groups excluding carboxylic acids is 16. The smallest absolute Gasteiger partial charge is 0.323 e. The number of nitrogens with zero attached hydrogens (tertiary/aromatic N) is 8. The maximum atomic E-state index is 16.0. The number of benzene rings is 3. The van der Waals surface area contributed by atoms with Crippen LogP contribution in [0.3, 0.4) is 0 Å². The first-order chi connectivity index (χ1) is 63.3. The van der Waals surface area contributed by atoms with Gasteiger partial charge in [0.05, 0.1) is 12.5 Å². The van der Waals surface area contributed by atoms with Gasteiger partial charge in [-0.2, -0.15) is 0 Å². The van der Waals surface area contributed by atoms with Crippen LogP contribution in [0.5, 0.6) is 5.75 Å². The normalized spacial score (nSPS) is 27.1. The number of aromatic nitrogens is 2. The lowest BCUT2D eigenvalue weighted by atomic mass is 9.97. The molecule has 0 saturated carbocycles. The fraction of sp³-hybridized carbons (Fsp3) is 0.560. The Hall–Kier alpha value is -13.1. The van der Waals surface area contributed by atoms with Crippen molar-refractivity contribution in [3.8, 4) is 5.75 Å². The molecule has 15 atom stereocenters. The van der Waals surface area contributed by atoms with Gasteiger partial charge in [0.25, 0.3) is 11.8 Å². The molecule has 0 unspecified atom stereocenters. The van der Waals surface area contributed by atoms with Crippen molar-refractivity contribution < 1.29 is 107 Å². The number of likely N-dealkylation sites (N-methyl/N-ethyl adjacent to an activating group) is 2. The number of hydrogen-bond acceptors (Lipinski definition) is 22. The SMILES string of the molecule is CCCC[C@H]1C(=O)N(C)[C@@H](CCCC)C(=O)N[C@@H](CCC(=O)O)C(=O)N[C@H](C(N)=O)CCCC(=O)N[C@@H](Cc2ccc(O)cc2)C(=O)N2CCCC[C@@]23C(=O)N3[C@@H](CC(N)=O)C(=O)N2CCC[C@H]2C(=O)N[C@@H](CN)C(=O)N[C@@H](CC(C)C)C(=O)N2C[C@H](O)C[C@@]23C(=O)N3[C@@H](Cc2c[nH]c3ccccc23)C(=O)N[C@@H](CCN)C(=O)N[C@@H](Cc2cn(CC(=O)O)c3ccccc23)C(=O)N1C. The molecule has 6 aliphatic heterocycles. The fourth-order valence-corrected chi connectivity index (χ4v) is 19.1. The highest BCUT2D eigenvalue weighted by molar-refractivity contribution is 6.11. The molecule has 0 radical (unpaired) electrons. The predicted octanol–water partition coefficient (Wildman–Crippen LogP) is -1.46. The number of para-hydroxylation sites is 2. The van der Waals surface area contributed by atoms with Crippen LogP contribution < -0.4 is 60.2 Å². The largest absolute Gasteiger partial charge is 0.508 e. The second-order valence-electron chi connectivity index (χ2n) is 35.8. The van der Waals surface area contributed by atoms with Gasteiger partial charge in [-0.25, -0.2) is 0 Å². The van der Waals surface area contributed by atoms with Crippen LogP contribution in [0.25, 0.3) is 21.8 Å². The number of primary amides is 2. The van der Waals surface area contributed by atoms with Gasteiger partial charge in [0.2, 0.25) is 88.4 Å². The number of rotatable bonds is 25. The lowest BCUT2D eigenvalue weighted by molar-refractivity contribution is -0.149. The molecular formula is C91H124N20O22. The van der Waals surface area contributed by atoms with E-state index in [1.165, 1.54) is 54.0 Å². The van der Waals surface area contributed by atoms with Gasteiger partial charge in [0.1, 0.15) is 84.8 Å². The summed E-state index contributed by atoms with van der Waals surface area (Å²) in [7, 11) is 2.60. The molecule has 133 heavy (non-hydrogen) atoms. The number of aliphatic hydroxyl groups is 1. The zero-order chi connectivity index (χ0) is 96.8. The summed E-state index contributed by atoms with van der Waals surface area (Å²) >= 11 is 0. The molecule has 2 aromatic heterocycles. The van der Waals surface area contributed by atoms with E-state index in [1.807, 2.05) is 6.92 Å². The van der Waals surface area contributed by atoms with Crippen molar-refractivity contribution >= 4 is 128 Å². The Balaban J connectivity index is 0.975. The predicted molar refractivity (Wildman–Crippen MR) is 478 cm³/mol. The first kappa shape index (κ1) is 100. The molecule has 0 aliphatic carbocycles. The lowest BCUT2D eigenvalue weighted by Crippen LogP contribution is -2.61. The van der Waals surface area contributed by atoms with E-state index < -0.39 is 260 Å². The molecule has 720 valence electrons. The quantitative estimate of drug-likeness (QED) is 0.0297. The lowest BCUT2D eigenvalue weighted by Gasteiger charge is -2.39. The van der Waals surface area contributed by atoms with E-state index in [4.69, 9.17) is 22.9 Å². The third kappa shape index (κ3) is 22.8. The number of unbranched alkanes of at least 4 members (excludes halogenated alkanes) is 2. The Morgan fingerprint density at radius 3 is 1.79 bits per heavy atom. The van der Waals surface area contributed by atoms with Gasteiger partial charge in [-0.05, 0) is 130 Å². The Morgan fingerprint density at radius 2 is 1.14 bits per heavy atom. The molecule has 5 aromatic rings. The summed E-state index contributed by atoms with van der Waals surface area (Å²) in [6, 6.07) is 0.211. The molecule has 2 spiro atoms. The Bertz CT molecular complexity index is 5230. The number of phenols is 1. The number of carbonyl (C=O) groups is 18. The van der Waals surface area contributed by atoms with Crippen LogP contribution in [-0.2, 0) is 112 Å².